The van der Waals surface area contributed by atoms with E-state index < -0.39 is 24.2 Å². The van der Waals surface area contributed by atoms with E-state index in [1.165, 1.54) is 0 Å². The number of nitrogens with zero attached hydrogens (tertiary/aromatic N) is 1. The quantitative estimate of drug-likeness (QED) is 0.559. The molecular formula is C22H28N2O6. The van der Waals surface area contributed by atoms with Gasteiger partial charge in [-0.3, -0.25) is 9.59 Å². The highest BCUT2D eigenvalue weighted by molar-refractivity contribution is 5.96. The number of hydrogen-bond donors (Lipinski definition) is 3. The fraction of sp³-hybridized carbons (Fsp3) is 0.545. The van der Waals surface area contributed by atoms with E-state index in [0.717, 1.165) is 18.4 Å². The molecule has 0 aromatic heterocycles. The normalized spacial score (nSPS) is 26.8. The number of para-hydroxylation sites is 1. The molecule has 4 rings (SSSR count). The molecule has 8 nitrogen and oxygen atoms in total. The highest BCUT2D eigenvalue weighted by atomic mass is 16.5. The molecule has 4 atom stereocenters. The molecule has 1 heterocycles. The topological polar surface area (TPSA) is 108 Å². The number of methoxy groups -OCH3 is 1. The van der Waals surface area contributed by atoms with Crippen molar-refractivity contribution >= 4 is 11.8 Å². The zero-order valence-electron chi connectivity index (χ0n) is 17.0. The van der Waals surface area contributed by atoms with Crippen LogP contribution in [-0.4, -0.2) is 78.6 Å². The molecule has 1 aliphatic heterocycles. The SMILES string of the molecule is COCCN(C(=O)C1CC1)[C@@H]1C=C(C(=O)NCCO)[C@@H]2c3ccccc3O[C@@H]2[C@H]1O. The van der Waals surface area contributed by atoms with Gasteiger partial charge in [0.05, 0.1) is 25.2 Å². The highest BCUT2D eigenvalue weighted by Gasteiger charge is 2.51. The Kier molecular flexibility index (Phi) is 6.08. The van der Waals surface area contributed by atoms with E-state index in [-0.39, 0.29) is 30.9 Å². The van der Waals surface area contributed by atoms with Gasteiger partial charge in [-0.25, -0.2) is 0 Å². The molecule has 0 saturated heterocycles. The van der Waals surface area contributed by atoms with Gasteiger partial charge in [0.15, 0.2) is 0 Å². The minimum atomic E-state index is -0.989. The summed E-state index contributed by atoms with van der Waals surface area (Å²) in [6, 6.07) is 6.72. The van der Waals surface area contributed by atoms with E-state index in [1.54, 1.807) is 18.1 Å². The summed E-state index contributed by atoms with van der Waals surface area (Å²) in [6.07, 6.45) is 1.71. The Bertz CT molecular complexity index is 837. The number of ether oxygens (including phenoxy) is 2. The molecular weight excluding hydrogens is 388 g/mol. The molecule has 162 valence electrons. The largest absolute Gasteiger partial charge is 0.486 e. The molecule has 0 radical (unpaired) electrons. The first-order valence-corrected chi connectivity index (χ1v) is 10.4. The summed E-state index contributed by atoms with van der Waals surface area (Å²) >= 11 is 0. The second-order valence-electron chi connectivity index (χ2n) is 7.98. The summed E-state index contributed by atoms with van der Waals surface area (Å²) in [5.41, 5.74) is 1.28. The van der Waals surface area contributed by atoms with Crippen LogP contribution in [0.4, 0.5) is 0 Å². The van der Waals surface area contributed by atoms with Gasteiger partial charge in [-0.2, -0.15) is 0 Å². The molecule has 1 fully saturated rings. The van der Waals surface area contributed by atoms with Crippen molar-refractivity contribution in [2.75, 3.05) is 33.4 Å². The standard InChI is InChI=1S/C22H28N2O6/c1-29-11-9-24(22(28)13-6-7-13)16-12-15(21(27)23-8-10-25)18-14-4-2-3-5-17(14)30-20(18)19(16)26/h2-5,12-13,16,18-20,25-26H,6-11H2,1H3,(H,23,27)/t16-,18+,19+,20+/m1/s1. The van der Waals surface area contributed by atoms with Crippen LogP contribution in [0.25, 0.3) is 0 Å². The number of carbonyl (C=O) groups excluding carboxylic acids is 2. The lowest BCUT2D eigenvalue weighted by molar-refractivity contribution is -0.139. The predicted octanol–water partition coefficient (Wildman–Crippen LogP) is 0.194. The summed E-state index contributed by atoms with van der Waals surface area (Å²) in [4.78, 5) is 27.5. The minimum absolute atomic E-state index is 0.0311. The van der Waals surface area contributed by atoms with Gasteiger partial charge in [0.2, 0.25) is 11.8 Å². The van der Waals surface area contributed by atoms with Crippen LogP contribution in [0.1, 0.15) is 24.3 Å². The van der Waals surface area contributed by atoms with Gasteiger partial charge in [-0.1, -0.05) is 18.2 Å². The van der Waals surface area contributed by atoms with Crippen molar-refractivity contribution < 1.29 is 29.3 Å². The Morgan fingerprint density at radius 3 is 2.77 bits per heavy atom. The van der Waals surface area contributed by atoms with Crippen LogP contribution in [0.15, 0.2) is 35.9 Å². The Balaban J connectivity index is 1.71. The predicted molar refractivity (Wildman–Crippen MR) is 108 cm³/mol. The molecule has 30 heavy (non-hydrogen) atoms. The summed E-state index contributed by atoms with van der Waals surface area (Å²) < 4.78 is 11.2. The first-order chi connectivity index (χ1) is 14.6. The third-order valence-corrected chi connectivity index (χ3v) is 5.98. The maximum absolute atomic E-state index is 13.0. The average molecular weight is 416 g/mol. The molecule has 0 unspecified atom stereocenters. The van der Waals surface area contributed by atoms with Crippen molar-refractivity contribution in [3.05, 3.63) is 41.5 Å². The van der Waals surface area contributed by atoms with Crippen LogP contribution in [0, 0.1) is 5.92 Å². The number of amides is 2. The van der Waals surface area contributed by atoms with Crippen molar-refractivity contribution in [1.29, 1.82) is 0 Å². The molecule has 0 spiro atoms. The van der Waals surface area contributed by atoms with Crippen LogP contribution in [0.2, 0.25) is 0 Å². The van der Waals surface area contributed by atoms with Crippen molar-refractivity contribution in [2.24, 2.45) is 5.92 Å². The molecule has 1 aromatic rings. The second kappa shape index (κ2) is 8.75. The van der Waals surface area contributed by atoms with Crippen molar-refractivity contribution in [2.45, 2.75) is 37.0 Å². The number of nitrogens with one attached hydrogen (secondary N) is 1. The second-order valence-corrected chi connectivity index (χ2v) is 7.98. The summed E-state index contributed by atoms with van der Waals surface area (Å²) in [7, 11) is 1.56. The third-order valence-electron chi connectivity index (χ3n) is 5.98. The van der Waals surface area contributed by atoms with Crippen LogP contribution in [-0.2, 0) is 14.3 Å². The maximum Gasteiger partial charge on any atom is 0.247 e. The number of aliphatic hydroxyl groups is 2. The molecule has 0 bridgehead atoms. The van der Waals surface area contributed by atoms with Gasteiger partial charge in [0, 0.05) is 37.3 Å². The molecule has 2 amide bonds. The zero-order valence-corrected chi connectivity index (χ0v) is 17.0. The van der Waals surface area contributed by atoms with E-state index >= 15 is 0 Å². The zero-order chi connectivity index (χ0) is 21.3. The monoisotopic (exact) mass is 416 g/mol. The number of fused-ring (bicyclic) bond motifs is 3. The number of hydrogen-bond acceptors (Lipinski definition) is 6. The summed E-state index contributed by atoms with van der Waals surface area (Å²) in [6.45, 7) is 0.598. The first-order valence-electron chi connectivity index (χ1n) is 10.4. The Labute approximate surface area is 175 Å². The van der Waals surface area contributed by atoms with E-state index in [2.05, 4.69) is 5.32 Å². The fourth-order valence-electron chi connectivity index (χ4n) is 4.35. The summed E-state index contributed by atoms with van der Waals surface area (Å²) in [5.74, 6) is -0.205. The van der Waals surface area contributed by atoms with E-state index in [0.29, 0.717) is 24.5 Å². The number of benzene rings is 1. The Morgan fingerprint density at radius 1 is 1.30 bits per heavy atom. The van der Waals surface area contributed by atoms with Crippen LogP contribution >= 0.6 is 0 Å². The molecule has 8 heteroatoms. The van der Waals surface area contributed by atoms with E-state index in [1.807, 2.05) is 24.3 Å². The van der Waals surface area contributed by atoms with Crippen LogP contribution in [0.5, 0.6) is 5.75 Å². The van der Waals surface area contributed by atoms with Gasteiger partial charge >= 0.3 is 0 Å². The van der Waals surface area contributed by atoms with Crippen molar-refractivity contribution in [3.8, 4) is 5.75 Å². The molecule has 1 aromatic carbocycles. The number of carbonyl (C=O) groups is 2. The van der Waals surface area contributed by atoms with Crippen LogP contribution < -0.4 is 10.1 Å². The smallest absolute Gasteiger partial charge is 0.247 e. The van der Waals surface area contributed by atoms with Gasteiger partial charge in [0.25, 0.3) is 0 Å². The van der Waals surface area contributed by atoms with Gasteiger partial charge in [-0.15, -0.1) is 0 Å². The lowest BCUT2D eigenvalue weighted by Crippen LogP contribution is -2.56. The third kappa shape index (κ3) is 3.82. The van der Waals surface area contributed by atoms with Gasteiger partial charge < -0.3 is 29.9 Å². The number of rotatable bonds is 8. The van der Waals surface area contributed by atoms with Gasteiger partial charge in [-0.05, 0) is 25.0 Å². The first kappa shape index (κ1) is 20.8. The lowest BCUT2D eigenvalue weighted by atomic mass is 9.77. The Hall–Kier alpha value is -2.42. The van der Waals surface area contributed by atoms with E-state index in [9.17, 15) is 14.7 Å². The molecule has 2 aliphatic carbocycles. The minimum Gasteiger partial charge on any atom is -0.486 e. The van der Waals surface area contributed by atoms with E-state index in [4.69, 9.17) is 14.6 Å². The molecule has 3 aliphatic rings. The number of aliphatic hydroxyl groups excluding tert-OH is 2. The molecule has 3 N–H and O–H groups in total. The summed E-state index contributed by atoms with van der Waals surface area (Å²) in [5, 5.41) is 23.0. The average Bonchev–Trinajstić information content (AvgIpc) is 3.53. The fourth-order valence-corrected chi connectivity index (χ4v) is 4.35. The lowest BCUT2D eigenvalue weighted by Gasteiger charge is -2.40. The van der Waals surface area contributed by atoms with Crippen LogP contribution in [0.3, 0.4) is 0 Å². The molecule has 1 saturated carbocycles. The maximum atomic E-state index is 13.0. The highest BCUT2D eigenvalue weighted by Crippen LogP contribution is 2.47. The van der Waals surface area contributed by atoms with Crippen molar-refractivity contribution in [3.63, 3.8) is 0 Å². The van der Waals surface area contributed by atoms with Gasteiger partial charge in [0.1, 0.15) is 18.0 Å². The Morgan fingerprint density at radius 2 is 2.07 bits per heavy atom. The van der Waals surface area contributed by atoms with Crippen molar-refractivity contribution in [1.82, 2.24) is 10.2 Å².